The summed E-state index contributed by atoms with van der Waals surface area (Å²) in [5, 5.41) is 0. The Morgan fingerprint density at radius 3 is 2.29 bits per heavy atom. The van der Waals surface area contributed by atoms with Gasteiger partial charge in [0, 0.05) is 10.9 Å². The molecule has 21 heavy (non-hydrogen) atoms. The van der Waals surface area contributed by atoms with Gasteiger partial charge in [0.05, 0.1) is 19.1 Å². The van der Waals surface area contributed by atoms with Crippen LogP contribution in [0, 0.1) is 11.3 Å². The minimum Gasteiger partial charge on any atom is -0.426 e. The minimum atomic E-state index is -0.163. The highest BCUT2D eigenvalue weighted by atomic mass is 32.2. The van der Waals surface area contributed by atoms with E-state index in [9.17, 15) is 4.79 Å². The average Bonchev–Trinajstić information content (AvgIpc) is 2.47. The molecule has 1 aromatic carbocycles. The van der Waals surface area contributed by atoms with Crippen LogP contribution in [0.15, 0.2) is 29.2 Å². The number of rotatable bonds is 3. The van der Waals surface area contributed by atoms with Crippen molar-refractivity contribution in [2.45, 2.75) is 32.6 Å². The number of benzene rings is 1. The van der Waals surface area contributed by atoms with Crippen LogP contribution in [0.1, 0.15) is 27.7 Å². The number of carbonyl (C=O) groups excluding carboxylic acids is 1. The minimum absolute atomic E-state index is 0.0828. The van der Waals surface area contributed by atoms with Gasteiger partial charge in [-0.15, -0.1) is 0 Å². The van der Waals surface area contributed by atoms with E-state index in [4.69, 9.17) is 9.47 Å². The summed E-state index contributed by atoms with van der Waals surface area (Å²) < 4.78 is 10.9. The lowest BCUT2D eigenvalue weighted by molar-refractivity contribution is -0.141. The molecule has 1 aromatic rings. The van der Waals surface area contributed by atoms with Gasteiger partial charge in [0.15, 0.2) is 4.90 Å². The molecule has 0 aliphatic carbocycles. The fourth-order valence-corrected chi connectivity index (χ4v) is 3.85. The molecule has 0 spiro atoms. The van der Waals surface area contributed by atoms with E-state index >= 15 is 0 Å². The third kappa shape index (κ3) is 4.48. The Morgan fingerprint density at radius 2 is 1.76 bits per heavy atom. The number of hydrogen-bond donors (Lipinski definition) is 0. The van der Waals surface area contributed by atoms with Crippen molar-refractivity contribution in [3.63, 3.8) is 0 Å². The van der Waals surface area contributed by atoms with Gasteiger partial charge in [-0.1, -0.05) is 27.7 Å². The van der Waals surface area contributed by atoms with E-state index in [1.807, 2.05) is 39.8 Å². The molecule has 1 heterocycles. The van der Waals surface area contributed by atoms with Crippen LogP contribution in [0.3, 0.4) is 0 Å². The van der Waals surface area contributed by atoms with Crippen molar-refractivity contribution in [1.82, 2.24) is 0 Å². The predicted molar refractivity (Wildman–Crippen MR) is 86.9 cm³/mol. The summed E-state index contributed by atoms with van der Waals surface area (Å²) in [5.41, 5.74) is -0.0828. The molecule has 1 saturated heterocycles. The third-order valence-corrected chi connectivity index (χ3v) is 6.23. The average molecular weight is 309 g/mol. The first kappa shape index (κ1) is 16.4. The molecule has 0 N–H and O–H groups in total. The first-order valence-electron chi connectivity index (χ1n) is 7.45. The van der Waals surface area contributed by atoms with Gasteiger partial charge in [0.2, 0.25) is 0 Å². The van der Waals surface area contributed by atoms with Crippen LogP contribution in [0.25, 0.3) is 0 Å². The number of esters is 1. The Bertz CT molecular complexity index is 470. The summed E-state index contributed by atoms with van der Waals surface area (Å²) in [6.45, 7) is 9.77. The smallest absolute Gasteiger partial charge is 0.314 e. The van der Waals surface area contributed by atoms with Gasteiger partial charge in [-0.3, -0.25) is 4.79 Å². The molecule has 0 amide bonds. The Morgan fingerprint density at radius 1 is 1.19 bits per heavy atom. The molecule has 1 fully saturated rings. The molecule has 0 saturated carbocycles. The summed E-state index contributed by atoms with van der Waals surface area (Å²) >= 11 is 0. The molecular formula is C17H25O3S+. The normalized spacial score (nSPS) is 18.3. The summed E-state index contributed by atoms with van der Waals surface area (Å²) in [6, 6.07) is 7.98. The van der Waals surface area contributed by atoms with Gasteiger partial charge in [-0.2, -0.15) is 0 Å². The van der Waals surface area contributed by atoms with Gasteiger partial charge in [-0.05, 0) is 29.7 Å². The van der Waals surface area contributed by atoms with E-state index in [1.165, 1.54) is 4.90 Å². The van der Waals surface area contributed by atoms with Crippen molar-refractivity contribution in [3.8, 4) is 5.75 Å². The van der Waals surface area contributed by atoms with Crippen LogP contribution < -0.4 is 4.74 Å². The Labute approximate surface area is 130 Å². The summed E-state index contributed by atoms with van der Waals surface area (Å²) in [5.74, 6) is 2.54. The van der Waals surface area contributed by atoms with Gasteiger partial charge >= 0.3 is 5.97 Å². The van der Waals surface area contributed by atoms with Crippen molar-refractivity contribution in [3.05, 3.63) is 24.3 Å². The van der Waals surface area contributed by atoms with Gasteiger partial charge in [0.1, 0.15) is 17.3 Å². The standard InChI is InChI=1S/C17H25O3S/c1-13(17(2,3)4)16(18)20-14-5-7-15(8-6-14)21-11-9-19-10-12-21/h5-8,13H,9-12H2,1-4H3/q+1. The van der Waals surface area contributed by atoms with Gasteiger partial charge in [0.25, 0.3) is 0 Å². The Balaban J connectivity index is 1.97. The maximum atomic E-state index is 12.1. The fraction of sp³-hybridized carbons (Fsp3) is 0.588. The molecule has 4 heteroatoms. The monoisotopic (exact) mass is 309 g/mol. The largest absolute Gasteiger partial charge is 0.426 e. The van der Waals surface area contributed by atoms with Crippen LogP contribution in [-0.4, -0.2) is 30.7 Å². The summed E-state index contributed by atoms with van der Waals surface area (Å²) in [6.07, 6.45) is 0. The third-order valence-electron chi connectivity index (χ3n) is 3.98. The summed E-state index contributed by atoms with van der Waals surface area (Å²) in [4.78, 5) is 13.4. The zero-order valence-corrected chi connectivity index (χ0v) is 14.2. The van der Waals surface area contributed by atoms with Crippen molar-refractivity contribution >= 4 is 16.9 Å². The van der Waals surface area contributed by atoms with Crippen LogP contribution in [-0.2, 0) is 20.4 Å². The number of ether oxygens (including phenoxy) is 2. The Kier molecular flexibility index (Phi) is 5.33. The van der Waals surface area contributed by atoms with Crippen molar-refractivity contribution < 1.29 is 14.3 Å². The Hall–Kier alpha value is -1.00. The van der Waals surface area contributed by atoms with Crippen molar-refractivity contribution in [2.75, 3.05) is 24.7 Å². The highest BCUT2D eigenvalue weighted by molar-refractivity contribution is 7.97. The highest BCUT2D eigenvalue weighted by Gasteiger charge is 2.29. The van der Waals surface area contributed by atoms with Crippen molar-refractivity contribution in [1.29, 1.82) is 0 Å². The predicted octanol–water partition coefficient (Wildman–Crippen LogP) is 3.28. The lowest BCUT2D eigenvalue weighted by atomic mass is 9.82. The zero-order valence-electron chi connectivity index (χ0n) is 13.3. The zero-order chi connectivity index (χ0) is 15.5. The molecule has 1 unspecified atom stereocenters. The van der Waals surface area contributed by atoms with Crippen LogP contribution in [0.5, 0.6) is 5.75 Å². The molecular weight excluding hydrogens is 284 g/mol. The van der Waals surface area contributed by atoms with Gasteiger partial charge < -0.3 is 9.47 Å². The second-order valence-electron chi connectivity index (χ2n) is 6.49. The molecule has 0 radical (unpaired) electrons. The molecule has 1 aliphatic heterocycles. The lowest BCUT2D eigenvalue weighted by Gasteiger charge is -2.25. The first-order chi connectivity index (χ1) is 9.88. The number of carbonyl (C=O) groups is 1. The van der Waals surface area contributed by atoms with Crippen molar-refractivity contribution in [2.24, 2.45) is 11.3 Å². The molecule has 3 nitrogen and oxygen atoms in total. The van der Waals surface area contributed by atoms with E-state index in [1.54, 1.807) is 0 Å². The van der Waals surface area contributed by atoms with Crippen LogP contribution >= 0.6 is 0 Å². The van der Waals surface area contributed by atoms with E-state index in [0.717, 1.165) is 24.7 Å². The second-order valence-corrected chi connectivity index (χ2v) is 8.77. The molecule has 1 atom stereocenters. The van der Waals surface area contributed by atoms with E-state index < -0.39 is 0 Å². The molecule has 2 rings (SSSR count). The topological polar surface area (TPSA) is 35.5 Å². The summed E-state index contributed by atoms with van der Waals surface area (Å²) in [7, 11) is 0.283. The molecule has 116 valence electrons. The lowest BCUT2D eigenvalue weighted by Crippen LogP contribution is -2.29. The maximum absolute atomic E-state index is 12.1. The quantitative estimate of drug-likeness (QED) is 0.488. The number of hydrogen-bond acceptors (Lipinski definition) is 3. The van der Waals surface area contributed by atoms with Crippen LogP contribution in [0.2, 0.25) is 0 Å². The molecule has 1 aliphatic rings. The second kappa shape index (κ2) is 6.84. The van der Waals surface area contributed by atoms with Gasteiger partial charge in [-0.25, -0.2) is 0 Å². The van der Waals surface area contributed by atoms with E-state index in [0.29, 0.717) is 5.75 Å². The van der Waals surface area contributed by atoms with E-state index in [-0.39, 0.29) is 28.2 Å². The molecule has 0 bridgehead atoms. The molecule has 0 aromatic heterocycles. The highest BCUT2D eigenvalue weighted by Crippen LogP contribution is 2.27. The SMILES string of the molecule is CC(C(=O)Oc1ccc([S+]2CCOCC2)cc1)C(C)(C)C. The van der Waals surface area contributed by atoms with E-state index in [2.05, 4.69) is 12.1 Å². The first-order valence-corrected chi connectivity index (χ1v) is 9.01. The fourth-order valence-electron chi connectivity index (χ4n) is 2.02. The van der Waals surface area contributed by atoms with Crippen LogP contribution in [0.4, 0.5) is 0 Å². The maximum Gasteiger partial charge on any atom is 0.314 e.